The van der Waals surface area contributed by atoms with Gasteiger partial charge in [0.15, 0.2) is 5.65 Å². The van der Waals surface area contributed by atoms with Crippen molar-refractivity contribution in [3.05, 3.63) is 36.5 Å². The van der Waals surface area contributed by atoms with Gasteiger partial charge in [-0.2, -0.15) is 0 Å². The number of imidazole rings is 1. The summed E-state index contributed by atoms with van der Waals surface area (Å²) in [5.74, 6) is 1.68. The lowest BCUT2D eigenvalue weighted by molar-refractivity contribution is 0.0467. The largest absolute Gasteiger partial charge is 0.350 e. The van der Waals surface area contributed by atoms with Crippen molar-refractivity contribution in [3.8, 4) is 11.1 Å². The van der Waals surface area contributed by atoms with Gasteiger partial charge in [-0.05, 0) is 51.2 Å². The Morgan fingerprint density at radius 1 is 1.17 bits per heavy atom. The van der Waals surface area contributed by atoms with Crippen LogP contribution in [0.4, 0.5) is 5.95 Å². The Balaban J connectivity index is 1.31. The normalized spacial score (nSPS) is 18.3. The highest BCUT2D eigenvalue weighted by Gasteiger charge is 2.48. The quantitative estimate of drug-likeness (QED) is 0.545. The zero-order valence-corrected chi connectivity index (χ0v) is 17.6. The van der Waals surface area contributed by atoms with Gasteiger partial charge in [-0.15, -0.1) is 5.10 Å². The van der Waals surface area contributed by atoms with Gasteiger partial charge in [0, 0.05) is 48.7 Å². The topological polar surface area (TPSA) is 85.0 Å². The summed E-state index contributed by atoms with van der Waals surface area (Å²) in [7, 11) is 0. The molecule has 4 aromatic rings. The van der Waals surface area contributed by atoms with Crippen molar-refractivity contribution in [1.29, 1.82) is 0 Å². The van der Waals surface area contributed by atoms with Crippen LogP contribution in [0.1, 0.15) is 38.6 Å². The second-order valence-corrected chi connectivity index (χ2v) is 9.18. The van der Waals surface area contributed by atoms with E-state index in [0.29, 0.717) is 23.4 Å². The van der Waals surface area contributed by atoms with Crippen LogP contribution in [0, 0.1) is 12.3 Å². The van der Waals surface area contributed by atoms with Gasteiger partial charge < -0.3 is 15.2 Å². The van der Waals surface area contributed by atoms with Crippen LogP contribution in [0.25, 0.3) is 27.8 Å². The molecule has 4 aromatic heterocycles. The third-order valence-electron chi connectivity index (χ3n) is 6.66. The van der Waals surface area contributed by atoms with E-state index < -0.39 is 0 Å². The molecule has 30 heavy (non-hydrogen) atoms. The summed E-state index contributed by atoms with van der Waals surface area (Å²) in [6.45, 7) is 8.67. The smallest absolute Gasteiger partial charge is 0.241 e. The van der Waals surface area contributed by atoms with Gasteiger partial charge in [0.1, 0.15) is 5.82 Å². The molecule has 0 unspecified atom stereocenters. The van der Waals surface area contributed by atoms with Crippen molar-refractivity contribution in [2.45, 2.75) is 45.7 Å². The van der Waals surface area contributed by atoms with Gasteiger partial charge in [-0.1, -0.05) is 0 Å². The lowest BCUT2D eigenvalue weighted by Crippen LogP contribution is -2.63. The molecule has 1 saturated carbocycles. The van der Waals surface area contributed by atoms with Gasteiger partial charge in [0.05, 0.1) is 17.2 Å². The molecule has 0 atom stereocenters. The molecular formula is C22H26N8. The number of anilines is 1. The first kappa shape index (κ1) is 17.8. The van der Waals surface area contributed by atoms with Gasteiger partial charge in [0.2, 0.25) is 5.95 Å². The van der Waals surface area contributed by atoms with Gasteiger partial charge in [-0.25, -0.2) is 19.5 Å². The molecule has 0 aromatic carbocycles. The Hall–Kier alpha value is -3.00. The van der Waals surface area contributed by atoms with E-state index in [1.807, 2.05) is 30.0 Å². The van der Waals surface area contributed by atoms with E-state index in [4.69, 9.17) is 0 Å². The van der Waals surface area contributed by atoms with Crippen molar-refractivity contribution in [1.82, 2.24) is 34.4 Å². The van der Waals surface area contributed by atoms with E-state index >= 15 is 0 Å². The Bertz CT molecular complexity index is 1260. The Labute approximate surface area is 174 Å². The Morgan fingerprint density at radius 2 is 2.00 bits per heavy atom. The second-order valence-electron chi connectivity index (χ2n) is 9.18. The van der Waals surface area contributed by atoms with Gasteiger partial charge in [-0.3, -0.25) is 0 Å². The molecule has 2 fully saturated rings. The first-order valence-corrected chi connectivity index (χ1v) is 10.7. The van der Waals surface area contributed by atoms with E-state index in [2.05, 4.69) is 61.2 Å². The average Bonchev–Trinajstić information content (AvgIpc) is 3.21. The highest BCUT2D eigenvalue weighted by atomic mass is 15.3. The zero-order chi connectivity index (χ0) is 20.5. The Kier molecular flexibility index (Phi) is 3.71. The fourth-order valence-corrected chi connectivity index (χ4v) is 5.14. The number of hydrogen-bond donors (Lipinski definition) is 2. The number of rotatable bonds is 4. The van der Waals surface area contributed by atoms with E-state index in [-0.39, 0.29) is 0 Å². The summed E-state index contributed by atoms with van der Waals surface area (Å²) >= 11 is 0. The summed E-state index contributed by atoms with van der Waals surface area (Å²) in [5.41, 5.74) is 5.48. The minimum absolute atomic E-state index is 0.330. The summed E-state index contributed by atoms with van der Waals surface area (Å²) in [5, 5.41) is 11.6. The number of aromatic nitrogens is 6. The predicted octanol–water partition coefficient (Wildman–Crippen LogP) is 3.19. The van der Waals surface area contributed by atoms with Crippen LogP contribution < -0.4 is 10.6 Å². The molecule has 1 saturated heterocycles. The summed E-state index contributed by atoms with van der Waals surface area (Å²) in [6, 6.07) is 5.06. The minimum Gasteiger partial charge on any atom is -0.350 e. The highest BCUT2D eigenvalue weighted by Crippen LogP contribution is 2.45. The number of hydrogen-bond acceptors (Lipinski definition) is 6. The summed E-state index contributed by atoms with van der Waals surface area (Å²) in [4.78, 5) is 13.8. The maximum atomic E-state index is 4.69. The van der Waals surface area contributed by atoms with Gasteiger partial charge in [0.25, 0.3) is 0 Å². The molecule has 5 heterocycles. The maximum absolute atomic E-state index is 4.69. The Morgan fingerprint density at radius 3 is 2.73 bits per heavy atom. The van der Waals surface area contributed by atoms with Crippen molar-refractivity contribution < 1.29 is 0 Å². The summed E-state index contributed by atoms with van der Waals surface area (Å²) < 4.78 is 4.13. The number of nitrogens with zero attached hydrogens (tertiary/aromatic N) is 6. The second kappa shape index (κ2) is 6.25. The fraction of sp³-hybridized carbons (Fsp3) is 0.455. The van der Waals surface area contributed by atoms with Crippen molar-refractivity contribution in [2.75, 3.05) is 18.4 Å². The fourth-order valence-electron chi connectivity index (χ4n) is 5.14. The van der Waals surface area contributed by atoms with Crippen LogP contribution in [0.3, 0.4) is 0 Å². The van der Waals surface area contributed by atoms with Gasteiger partial charge >= 0.3 is 0 Å². The predicted molar refractivity (Wildman–Crippen MR) is 117 cm³/mol. The summed E-state index contributed by atoms with van der Waals surface area (Å²) in [6.07, 6.45) is 8.19. The zero-order valence-electron chi connectivity index (χ0n) is 17.6. The van der Waals surface area contributed by atoms with E-state index in [0.717, 1.165) is 46.7 Å². The SMILES string of the molecule is Cc1nc2ncc(-c3ccn4nc(NC5CC6(CNC6)C5)ncc34)cc2n1C(C)C. The minimum atomic E-state index is 0.330. The molecule has 8 heteroatoms. The third-order valence-corrected chi connectivity index (χ3v) is 6.66. The molecule has 1 aliphatic carbocycles. The third kappa shape index (κ3) is 2.63. The molecule has 0 amide bonds. The molecule has 1 spiro atoms. The van der Waals surface area contributed by atoms with Crippen LogP contribution in [0.2, 0.25) is 0 Å². The molecule has 2 aliphatic rings. The van der Waals surface area contributed by atoms with Crippen LogP contribution in [0.5, 0.6) is 0 Å². The number of nitrogens with one attached hydrogen (secondary N) is 2. The number of fused-ring (bicyclic) bond motifs is 2. The van der Waals surface area contributed by atoms with Crippen molar-refractivity contribution in [3.63, 3.8) is 0 Å². The number of pyridine rings is 1. The highest BCUT2D eigenvalue weighted by molar-refractivity contribution is 5.85. The van der Waals surface area contributed by atoms with Crippen LogP contribution >= 0.6 is 0 Å². The molecule has 0 radical (unpaired) electrons. The number of aryl methyl sites for hydroxylation is 1. The molecule has 0 bridgehead atoms. The van der Waals surface area contributed by atoms with Crippen molar-refractivity contribution in [2.24, 2.45) is 5.41 Å². The molecule has 6 rings (SSSR count). The monoisotopic (exact) mass is 402 g/mol. The first-order chi connectivity index (χ1) is 14.5. The maximum Gasteiger partial charge on any atom is 0.241 e. The lowest BCUT2D eigenvalue weighted by atomic mass is 9.62. The molecule has 1 aliphatic heterocycles. The molecule has 8 nitrogen and oxygen atoms in total. The van der Waals surface area contributed by atoms with E-state index in [1.165, 1.54) is 12.8 Å². The lowest BCUT2D eigenvalue weighted by Gasteiger charge is -2.54. The van der Waals surface area contributed by atoms with E-state index in [9.17, 15) is 0 Å². The molecule has 2 N–H and O–H groups in total. The van der Waals surface area contributed by atoms with E-state index in [1.54, 1.807) is 0 Å². The van der Waals surface area contributed by atoms with Crippen LogP contribution in [-0.2, 0) is 0 Å². The van der Waals surface area contributed by atoms with Crippen LogP contribution in [-0.4, -0.2) is 48.3 Å². The molecule has 154 valence electrons. The first-order valence-electron chi connectivity index (χ1n) is 10.7. The standard InChI is InChI=1S/C22H26N8/c1-13(2)30-14(3)26-20-18(30)6-15(9-24-20)17-4-5-29-19(17)10-25-21(28-29)27-16-7-22(8-16)11-23-12-22/h4-6,9-10,13,16,23H,7-8,11-12H2,1-3H3,(H,27,28). The molecular weight excluding hydrogens is 376 g/mol. The van der Waals surface area contributed by atoms with Crippen LogP contribution in [0.15, 0.2) is 30.7 Å². The van der Waals surface area contributed by atoms with Crippen molar-refractivity contribution >= 4 is 22.6 Å². The average molecular weight is 403 g/mol.